The molecule has 0 bridgehead atoms. The average Bonchev–Trinajstić information content (AvgIpc) is 3.40. The first-order valence-electron chi connectivity index (χ1n) is 13.4. The second kappa shape index (κ2) is 7.69. The smallest absolute Gasteiger partial charge is 0.143 e. The Kier molecular flexibility index (Phi) is 4.11. The van der Waals surface area contributed by atoms with Crippen molar-refractivity contribution in [1.29, 1.82) is 0 Å². The molecule has 0 N–H and O–H groups in total. The van der Waals surface area contributed by atoms with Crippen LogP contribution in [0.2, 0.25) is 0 Å². The molecule has 1 heterocycles. The molecule has 9 aromatic rings. The van der Waals surface area contributed by atoms with Gasteiger partial charge in [0.1, 0.15) is 11.2 Å². The van der Waals surface area contributed by atoms with Crippen LogP contribution in [0.25, 0.3) is 86.9 Å². The van der Waals surface area contributed by atoms with Gasteiger partial charge in [0.15, 0.2) is 0 Å². The van der Waals surface area contributed by atoms with Crippen molar-refractivity contribution >= 4 is 75.8 Å². The van der Waals surface area contributed by atoms with Crippen LogP contribution < -0.4 is 0 Å². The highest BCUT2D eigenvalue weighted by Gasteiger charge is 2.19. The third-order valence-electron chi connectivity index (χ3n) is 8.43. The van der Waals surface area contributed by atoms with Gasteiger partial charge in [0.05, 0.1) is 0 Å². The van der Waals surface area contributed by atoms with Gasteiger partial charge in [-0.05, 0) is 66.2 Å². The van der Waals surface area contributed by atoms with E-state index in [1.54, 1.807) is 0 Å². The molecule has 0 fully saturated rings. The highest BCUT2D eigenvalue weighted by Crippen LogP contribution is 2.45. The molecular formula is C38H22O. The zero-order chi connectivity index (χ0) is 25.5. The summed E-state index contributed by atoms with van der Waals surface area (Å²) in [5.41, 5.74) is 4.23. The second-order valence-corrected chi connectivity index (χ2v) is 10.4. The van der Waals surface area contributed by atoms with E-state index in [-0.39, 0.29) is 0 Å². The van der Waals surface area contributed by atoms with Crippen LogP contribution in [0.15, 0.2) is 138 Å². The zero-order valence-electron chi connectivity index (χ0n) is 21.1. The summed E-state index contributed by atoms with van der Waals surface area (Å²) in [6.07, 6.45) is 0. The fraction of sp³-hybridized carbons (Fsp3) is 0. The molecule has 1 aromatic heterocycles. The third kappa shape index (κ3) is 2.79. The van der Waals surface area contributed by atoms with Crippen LogP contribution in [0.3, 0.4) is 0 Å². The molecule has 0 amide bonds. The van der Waals surface area contributed by atoms with E-state index in [9.17, 15) is 0 Å². The van der Waals surface area contributed by atoms with Crippen molar-refractivity contribution in [1.82, 2.24) is 0 Å². The minimum absolute atomic E-state index is 0.942. The van der Waals surface area contributed by atoms with Crippen LogP contribution in [0.5, 0.6) is 0 Å². The Labute approximate surface area is 224 Å². The zero-order valence-corrected chi connectivity index (χ0v) is 21.1. The molecule has 1 nitrogen and oxygen atoms in total. The van der Waals surface area contributed by atoms with Gasteiger partial charge in [0.2, 0.25) is 0 Å². The van der Waals surface area contributed by atoms with Crippen LogP contribution in [0, 0.1) is 0 Å². The van der Waals surface area contributed by atoms with Gasteiger partial charge >= 0.3 is 0 Å². The standard InChI is InChI=1S/C38H22O/c1-2-11-24-23(10-1)22-35(29-16-6-3-12-25(24)29)33-19-9-18-32-34-21-20-31-28-15-5-4-13-26(28)27-14-7-8-17-30(27)36(31)38(34)39-37(32)33/h1-22H. The molecule has 0 aliphatic carbocycles. The largest absolute Gasteiger partial charge is 0.455 e. The van der Waals surface area contributed by atoms with E-state index in [2.05, 4.69) is 133 Å². The summed E-state index contributed by atoms with van der Waals surface area (Å²) >= 11 is 0. The Hall–Kier alpha value is -5.14. The maximum Gasteiger partial charge on any atom is 0.143 e. The van der Waals surface area contributed by atoms with Gasteiger partial charge < -0.3 is 4.42 Å². The minimum atomic E-state index is 0.942. The molecule has 0 saturated carbocycles. The predicted octanol–water partition coefficient (Wildman–Crippen LogP) is 11.0. The summed E-state index contributed by atoms with van der Waals surface area (Å²) < 4.78 is 6.97. The molecule has 0 unspecified atom stereocenters. The number of hydrogen-bond acceptors (Lipinski definition) is 1. The molecule has 9 rings (SSSR count). The Morgan fingerprint density at radius 3 is 1.54 bits per heavy atom. The summed E-state index contributed by atoms with van der Waals surface area (Å²) in [7, 11) is 0. The number of hydrogen-bond donors (Lipinski definition) is 0. The summed E-state index contributed by atoms with van der Waals surface area (Å²) in [6.45, 7) is 0. The topological polar surface area (TPSA) is 13.1 Å². The van der Waals surface area contributed by atoms with Crippen LogP contribution >= 0.6 is 0 Å². The monoisotopic (exact) mass is 494 g/mol. The van der Waals surface area contributed by atoms with Crippen LogP contribution in [0.4, 0.5) is 0 Å². The molecule has 0 spiro atoms. The average molecular weight is 495 g/mol. The summed E-state index contributed by atoms with van der Waals surface area (Å²) in [5, 5.41) is 14.8. The lowest BCUT2D eigenvalue weighted by Crippen LogP contribution is -1.85. The molecule has 8 aromatic carbocycles. The van der Waals surface area contributed by atoms with Gasteiger partial charge in [-0.1, -0.05) is 121 Å². The third-order valence-corrected chi connectivity index (χ3v) is 8.43. The molecule has 0 atom stereocenters. The number of benzene rings is 8. The number of fused-ring (bicyclic) bond motifs is 13. The molecule has 180 valence electrons. The fourth-order valence-corrected chi connectivity index (χ4v) is 6.73. The van der Waals surface area contributed by atoms with E-state index < -0.39 is 0 Å². The summed E-state index contributed by atoms with van der Waals surface area (Å²) in [4.78, 5) is 0. The molecule has 1 heteroatoms. The van der Waals surface area contributed by atoms with Gasteiger partial charge in [-0.3, -0.25) is 0 Å². The van der Waals surface area contributed by atoms with Crippen molar-refractivity contribution in [3.8, 4) is 11.1 Å². The maximum atomic E-state index is 6.97. The number of rotatable bonds is 1. The lowest BCUT2D eigenvalue weighted by Gasteiger charge is -2.11. The predicted molar refractivity (Wildman–Crippen MR) is 167 cm³/mol. The molecule has 0 aliphatic heterocycles. The van der Waals surface area contributed by atoms with Crippen molar-refractivity contribution in [2.75, 3.05) is 0 Å². The lowest BCUT2D eigenvalue weighted by atomic mass is 9.92. The molecular weight excluding hydrogens is 472 g/mol. The minimum Gasteiger partial charge on any atom is -0.455 e. The van der Waals surface area contributed by atoms with Gasteiger partial charge in [-0.15, -0.1) is 0 Å². The first kappa shape index (κ1) is 20.9. The van der Waals surface area contributed by atoms with E-state index in [0.717, 1.165) is 27.5 Å². The van der Waals surface area contributed by atoms with Crippen molar-refractivity contribution in [2.24, 2.45) is 0 Å². The summed E-state index contributed by atoms with van der Waals surface area (Å²) in [5.74, 6) is 0. The number of para-hydroxylation sites is 1. The first-order valence-corrected chi connectivity index (χ1v) is 13.4. The fourth-order valence-electron chi connectivity index (χ4n) is 6.73. The Morgan fingerprint density at radius 1 is 0.308 bits per heavy atom. The van der Waals surface area contributed by atoms with E-state index in [1.165, 1.54) is 59.4 Å². The molecule has 39 heavy (non-hydrogen) atoms. The van der Waals surface area contributed by atoms with Crippen molar-refractivity contribution in [2.45, 2.75) is 0 Å². The highest BCUT2D eigenvalue weighted by molar-refractivity contribution is 6.32. The van der Waals surface area contributed by atoms with E-state index in [1.807, 2.05) is 0 Å². The SMILES string of the molecule is c1ccc2c(c1)cc(-c1cccc3c1oc1c3ccc3c4ccccc4c4ccccc4c31)c1ccccc12. The molecule has 0 radical (unpaired) electrons. The van der Waals surface area contributed by atoms with Crippen LogP contribution in [-0.4, -0.2) is 0 Å². The molecule has 0 aliphatic rings. The van der Waals surface area contributed by atoms with Crippen molar-refractivity contribution < 1.29 is 4.42 Å². The van der Waals surface area contributed by atoms with E-state index >= 15 is 0 Å². The first-order chi connectivity index (χ1) is 19.4. The number of furan rings is 1. The Morgan fingerprint density at radius 2 is 0.795 bits per heavy atom. The summed E-state index contributed by atoms with van der Waals surface area (Å²) in [6, 6.07) is 48.2. The normalized spacial score (nSPS) is 12.1. The molecule has 0 saturated heterocycles. The van der Waals surface area contributed by atoms with Gasteiger partial charge in [-0.25, -0.2) is 0 Å². The highest BCUT2D eigenvalue weighted by atomic mass is 16.3. The van der Waals surface area contributed by atoms with Gasteiger partial charge in [0.25, 0.3) is 0 Å². The van der Waals surface area contributed by atoms with Crippen LogP contribution in [0.1, 0.15) is 0 Å². The quantitative estimate of drug-likeness (QED) is 0.207. The van der Waals surface area contributed by atoms with Crippen molar-refractivity contribution in [3.63, 3.8) is 0 Å². The van der Waals surface area contributed by atoms with Gasteiger partial charge in [-0.2, -0.15) is 0 Å². The van der Waals surface area contributed by atoms with Crippen molar-refractivity contribution in [3.05, 3.63) is 133 Å². The Balaban J connectivity index is 1.46. The van der Waals surface area contributed by atoms with Gasteiger partial charge in [0, 0.05) is 21.7 Å². The van der Waals surface area contributed by atoms with Crippen LogP contribution in [-0.2, 0) is 0 Å². The maximum absolute atomic E-state index is 6.97. The van der Waals surface area contributed by atoms with E-state index in [4.69, 9.17) is 4.42 Å². The Bertz CT molecular complexity index is 2410. The second-order valence-electron chi connectivity index (χ2n) is 10.4. The lowest BCUT2D eigenvalue weighted by molar-refractivity contribution is 0.674. The van der Waals surface area contributed by atoms with E-state index in [0.29, 0.717) is 0 Å².